The molecular weight excluding hydrogens is 222 g/mol. The van der Waals surface area contributed by atoms with Gasteiger partial charge in [-0.15, -0.1) is 0 Å². The molecule has 0 spiro atoms. The molecule has 0 saturated carbocycles. The Morgan fingerprint density at radius 3 is 2.35 bits per heavy atom. The highest BCUT2D eigenvalue weighted by Crippen LogP contribution is 2.12. The fourth-order valence-corrected chi connectivity index (χ4v) is 1.36. The van der Waals surface area contributed by atoms with Crippen LogP contribution in [0, 0.1) is 0 Å². The first-order valence-electron chi connectivity index (χ1n) is 5.26. The van der Waals surface area contributed by atoms with E-state index in [1.807, 2.05) is 0 Å². The van der Waals surface area contributed by atoms with Crippen LogP contribution in [0.2, 0.25) is 0 Å². The summed E-state index contributed by atoms with van der Waals surface area (Å²) in [6.45, 7) is 1.79. The lowest BCUT2D eigenvalue weighted by atomic mass is 10.1. The zero-order valence-corrected chi connectivity index (χ0v) is 9.77. The second kappa shape index (κ2) is 5.89. The molecule has 1 aromatic rings. The summed E-state index contributed by atoms with van der Waals surface area (Å²) in [7, 11) is 1.31. The molecule has 1 atom stereocenters. The van der Waals surface area contributed by atoms with Gasteiger partial charge in [-0.1, -0.05) is 6.92 Å². The predicted octanol–water partition coefficient (Wildman–Crippen LogP) is 1.75. The topological polar surface area (TPSA) is 75.6 Å². The molecule has 5 heteroatoms. The number of carbonyl (C=O) groups excluding carboxylic acids is 1. The molecule has 5 nitrogen and oxygen atoms in total. The van der Waals surface area contributed by atoms with Crippen molar-refractivity contribution in [3.63, 3.8) is 0 Å². The van der Waals surface area contributed by atoms with Gasteiger partial charge in [-0.3, -0.25) is 0 Å². The first-order valence-corrected chi connectivity index (χ1v) is 5.26. The van der Waals surface area contributed by atoms with Gasteiger partial charge in [-0.25, -0.2) is 9.59 Å². The maximum atomic E-state index is 11.2. The van der Waals surface area contributed by atoms with Gasteiger partial charge in [0, 0.05) is 5.69 Å². The van der Waals surface area contributed by atoms with E-state index in [4.69, 9.17) is 5.11 Å². The molecule has 0 bridgehead atoms. The van der Waals surface area contributed by atoms with Crippen molar-refractivity contribution in [1.29, 1.82) is 0 Å². The van der Waals surface area contributed by atoms with Crippen LogP contribution in [0.25, 0.3) is 0 Å². The predicted molar refractivity (Wildman–Crippen MR) is 63.1 cm³/mol. The van der Waals surface area contributed by atoms with E-state index < -0.39 is 18.0 Å². The lowest BCUT2D eigenvalue weighted by Crippen LogP contribution is -2.28. The van der Waals surface area contributed by atoms with E-state index in [2.05, 4.69) is 10.1 Å². The van der Waals surface area contributed by atoms with E-state index in [-0.39, 0.29) is 0 Å². The summed E-state index contributed by atoms with van der Waals surface area (Å²) in [5.74, 6) is -1.31. The average Bonchev–Trinajstić information content (AvgIpc) is 2.35. The minimum atomic E-state index is -0.899. The number of benzene rings is 1. The number of ether oxygens (including phenoxy) is 1. The normalized spacial score (nSPS) is 11.6. The van der Waals surface area contributed by atoms with Gasteiger partial charge < -0.3 is 15.2 Å². The number of nitrogens with one attached hydrogen (secondary N) is 1. The van der Waals surface area contributed by atoms with Crippen molar-refractivity contribution in [3.8, 4) is 0 Å². The minimum absolute atomic E-state index is 0.415. The highest BCUT2D eigenvalue weighted by atomic mass is 16.5. The SMILES string of the molecule is CCC(Nc1ccc(C(=O)OC)cc1)C(=O)O. The van der Waals surface area contributed by atoms with Crippen molar-refractivity contribution in [2.24, 2.45) is 0 Å². The highest BCUT2D eigenvalue weighted by molar-refractivity contribution is 5.89. The van der Waals surface area contributed by atoms with Crippen LogP contribution in [-0.4, -0.2) is 30.2 Å². The molecule has 0 heterocycles. The number of esters is 1. The molecule has 0 aliphatic heterocycles. The molecule has 0 aliphatic rings. The second-order valence-corrected chi connectivity index (χ2v) is 3.51. The quantitative estimate of drug-likeness (QED) is 0.763. The number of aliphatic carboxylic acids is 1. The van der Waals surface area contributed by atoms with Crippen LogP contribution in [0.3, 0.4) is 0 Å². The Bertz CT molecular complexity index is 399. The number of methoxy groups -OCH3 is 1. The Labute approximate surface area is 99.4 Å². The average molecular weight is 237 g/mol. The molecule has 1 rings (SSSR count). The Morgan fingerprint density at radius 2 is 1.94 bits per heavy atom. The fraction of sp³-hybridized carbons (Fsp3) is 0.333. The monoisotopic (exact) mass is 237 g/mol. The zero-order chi connectivity index (χ0) is 12.8. The van der Waals surface area contributed by atoms with Gasteiger partial charge in [0.2, 0.25) is 0 Å². The van der Waals surface area contributed by atoms with Crippen molar-refractivity contribution in [2.45, 2.75) is 19.4 Å². The lowest BCUT2D eigenvalue weighted by molar-refractivity contribution is -0.137. The smallest absolute Gasteiger partial charge is 0.337 e. The summed E-state index contributed by atoms with van der Waals surface area (Å²) in [5, 5.41) is 11.7. The molecule has 17 heavy (non-hydrogen) atoms. The van der Waals surface area contributed by atoms with Gasteiger partial charge >= 0.3 is 11.9 Å². The third-order valence-corrected chi connectivity index (χ3v) is 2.35. The third kappa shape index (κ3) is 3.48. The Balaban J connectivity index is 2.74. The number of rotatable bonds is 5. The molecule has 92 valence electrons. The van der Waals surface area contributed by atoms with Crippen molar-refractivity contribution >= 4 is 17.6 Å². The maximum absolute atomic E-state index is 11.2. The van der Waals surface area contributed by atoms with Crippen LogP contribution in [-0.2, 0) is 9.53 Å². The van der Waals surface area contributed by atoms with Crippen LogP contribution in [0.15, 0.2) is 24.3 Å². The molecular formula is C12H15NO4. The van der Waals surface area contributed by atoms with Gasteiger partial charge in [0.15, 0.2) is 0 Å². The molecule has 0 saturated heterocycles. The molecule has 1 unspecified atom stereocenters. The number of hydrogen-bond acceptors (Lipinski definition) is 4. The summed E-state index contributed by atoms with van der Waals surface area (Å²) in [5.41, 5.74) is 1.09. The minimum Gasteiger partial charge on any atom is -0.480 e. The van der Waals surface area contributed by atoms with Crippen molar-refractivity contribution in [1.82, 2.24) is 0 Å². The van der Waals surface area contributed by atoms with Crippen molar-refractivity contribution in [3.05, 3.63) is 29.8 Å². The Hall–Kier alpha value is -2.04. The second-order valence-electron chi connectivity index (χ2n) is 3.51. The largest absolute Gasteiger partial charge is 0.480 e. The molecule has 2 N–H and O–H groups in total. The maximum Gasteiger partial charge on any atom is 0.337 e. The first kappa shape index (κ1) is 13.0. The summed E-state index contributed by atoms with van der Waals surface area (Å²) >= 11 is 0. The summed E-state index contributed by atoms with van der Waals surface area (Å²) in [6.07, 6.45) is 0.480. The van der Waals surface area contributed by atoms with Crippen LogP contribution >= 0.6 is 0 Å². The molecule has 0 radical (unpaired) electrons. The van der Waals surface area contributed by atoms with Gasteiger partial charge in [0.1, 0.15) is 6.04 Å². The van der Waals surface area contributed by atoms with Gasteiger partial charge in [0.05, 0.1) is 12.7 Å². The number of anilines is 1. The van der Waals surface area contributed by atoms with E-state index in [1.54, 1.807) is 31.2 Å². The van der Waals surface area contributed by atoms with Crippen LogP contribution < -0.4 is 5.32 Å². The number of hydrogen-bond donors (Lipinski definition) is 2. The van der Waals surface area contributed by atoms with E-state index in [0.29, 0.717) is 17.7 Å². The van der Waals surface area contributed by atoms with E-state index in [9.17, 15) is 9.59 Å². The summed E-state index contributed by atoms with van der Waals surface area (Å²) in [4.78, 5) is 22.0. The molecule has 0 fully saturated rings. The van der Waals surface area contributed by atoms with Crippen LogP contribution in [0.5, 0.6) is 0 Å². The van der Waals surface area contributed by atoms with Gasteiger partial charge in [-0.05, 0) is 30.7 Å². The Kier molecular flexibility index (Phi) is 4.51. The van der Waals surface area contributed by atoms with Crippen molar-refractivity contribution in [2.75, 3.05) is 12.4 Å². The standard InChI is InChI=1S/C12H15NO4/c1-3-10(11(14)15)13-9-6-4-8(5-7-9)12(16)17-2/h4-7,10,13H,3H2,1-2H3,(H,14,15). The van der Waals surface area contributed by atoms with Gasteiger partial charge in [-0.2, -0.15) is 0 Å². The molecule has 0 aromatic heterocycles. The number of carboxylic acids is 1. The van der Waals surface area contributed by atoms with Crippen molar-refractivity contribution < 1.29 is 19.4 Å². The molecule has 0 aliphatic carbocycles. The van der Waals surface area contributed by atoms with E-state index in [1.165, 1.54) is 7.11 Å². The lowest BCUT2D eigenvalue weighted by Gasteiger charge is -2.13. The highest BCUT2D eigenvalue weighted by Gasteiger charge is 2.14. The van der Waals surface area contributed by atoms with E-state index >= 15 is 0 Å². The first-order chi connectivity index (χ1) is 8.08. The zero-order valence-electron chi connectivity index (χ0n) is 9.77. The number of carbonyl (C=O) groups is 2. The van der Waals surface area contributed by atoms with Gasteiger partial charge in [0.25, 0.3) is 0 Å². The fourth-order valence-electron chi connectivity index (χ4n) is 1.36. The molecule has 0 amide bonds. The van der Waals surface area contributed by atoms with Crippen LogP contribution in [0.4, 0.5) is 5.69 Å². The molecule has 1 aromatic carbocycles. The van der Waals surface area contributed by atoms with E-state index in [0.717, 1.165) is 0 Å². The summed E-state index contributed by atoms with van der Waals surface area (Å²) in [6, 6.07) is 5.85. The Morgan fingerprint density at radius 1 is 1.35 bits per heavy atom. The van der Waals surface area contributed by atoms with Crippen LogP contribution in [0.1, 0.15) is 23.7 Å². The third-order valence-electron chi connectivity index (χ3n) is 2.35. The number of carboxylic acid groups (broad SMARTS) is 1. The summed E-state index contributed by atoms with van der Waals surface area (Å²) < 4.78 is 4.56.